The Hall–Kier alpha value is -1.68. The topological polar surface area (TPSA) is 37.9 Å². The van der Waals surface area contributed by atoms with E-state index in [1.54, 1.807) is 12.4 Å². The second-order valence-corrected chi connectivity index (χ2v) is 4.52. The van der Waals surface area contributed by atoms with Gasteiger partial charge < -0.3 is 9.72 Å². The van der Waals surface area contributed by atoms with Gasteiger partial charge in [-0.15, -0.1) is 0 Å². The lowest BCUT2D eigenvalue weighted by molar-refractivity contribution is 0.303. The second-order valence-electron chi connectivity index (χ2n) is 4.11. The molecule has 1 aliphatic carbocycles. The summed E-state index contributed by atoms with van der Waals surface area (Å²) in [6, 6.07) is 7.92. The smallest absolute Gasteiger partial charge is 0.129 e. The fourth-order valence-electron chi connectivity index (χ4n) is 1.65. The third-order valence-electron chi connectivity index (χ3n) is 2.64. The Balaban J connectivity index is 1.97. The fraction of sp³-hybridized carbons (Fsp3) is 0.231. The number of aromatic nitrogens is 2. The van der Waals surface area contributed by atoms with Crippen molar-refractivity contribution < 1.29 is 4.74 Å². The Bertz CT molecular complexity index is 590. The van der Waals surface area contributed by atoms with E-state index in [1.807, 2.05) is 24.3 Å². The van der Waals surface area contributed by atoms with Crippen LogP contribution in [0.1, 0.15) is 12.8 Å². The van der Waals surface area contributed by atoms with Crippen LogP contribution in [-0.4, -0.2) is 16.1 Å². The van der Waals surface area contributed by atoms with Crippen molar-refractivity contribution in [2.75, 3.05) is 0 Å². The monoisotopic (exact) mass is 244 g/mol. The summed E-state index contributed by atoms with van der Waals surface area (Å²) in [4.78, 5) is 7.28. The maximum atomic E-state index is 5.76. The molecular formula is C13H12N2OS. The molecule has 1 aromatic heterocycles. The zero-order valence-corrected chi connectivity index (χ0v) is 10.0. The quantitative estimate of drug-likeness (QED) is 0.841. The Kier molecular flexibility index (Phi) is 2.65. The van der Waals surface area contributed by atoms with Crippen LogP contribution in [-0.2, 0) is 0 Å². The van der Waals surface area contributed by atoms with E-state index < -0.39 is 0 Å². The molecule has 0 spiro atoms. The van der Waals surface area contributed by atoms with Gasteiger partial charge in [0.2, 0.25) is 0 Å². The van der Waals surface area contributed by atoms with Gasteiger partial charge in [0.15, 0.2) is 0 Å². The maximum Gasteiger partial charge on any atom is 0.129 e. The molecule has 3 nitrogen and oxygen atoms in total. The van der Waals surface area contributed by atoms with Gasteiger partial charge in [0.25, 0.3) is 0 Å². The van der Waals surface area contributed by atoms with E-state index >= 15 is 0 Å². The first kappa shape index (κ1) is 10.5. The van der Waals surface area contributed by atoms with Crippen LogP contribution in [0.2, 0.25) is 0 Å². The number of rotatable bonds is 3. The molecule has 1 saturated carbocycles. The Morgan fingerprint density at radius 2 is 2.24 bits per heavy atom. The zero-order valence-electron chi connectivity index (χ0n) is 9.22. The minimum Gasteiger partial charge on any atom is -0.490 e. The molecule has 1 fully saturated rings. The van der Waals surface area contributed by atoms with Crippen LogP contribution in [0, 0.1) is 4.64 Å². The van der Waals surface area contributed by atoms with Crippen molar-refractivity contribution in [1.29, 1.82) is 0 Å². The van der Waals surface area contributed by atoms with Crippen molar-refractivity contribution in [2.45, 2.75) is 18.9 Å². The number of benzene rings is 1. The van der Waals surface area contributed by atoms with Gasteiger partial charge in [-0.25, -0.2) is 0 Å². The SMILES string of the molecule is S=c1[nH]ccnc1-c1cccc(OC2CC2)c1. The highest BCUT2D eigenvalue weighted by molar-refractivity contribution is 7.71. The van der Waals surface area contributed by atoms with E-state index in [0.717, 1.165) is 29.8 Å². The standard InChI is InChI=1S/C13H12N2OS/c17-13-12(14-6-7-15-13)9-2-1-3-11(8-9)16-10-4-5-10/h1-3,6-8,10H,4-5H2,(H,15,17). The first-order chi connectivity index (χ1) is 8.33. The summed E-state index contributed by atoms with van der Waals surface area (Å²) in [5, 5.41) is 0. The number of hydrogen-bond acceptors (Lipinski definition) is 3. The molecule has 1 aromatic carbocycles. The summed E-state index contributed by atoms with van der Waals surface area (Å²) in [5.74, 6) is 0.894. The normalized spacial score (nSPS) is 14.6. The molecule has 0 aliphatic heterocycles. The summed E-state index contributed by atoms with van der Waals surface area (Å²) < 4.78 is 6.40. The van der Waals surface area contributed by atoms with E-state index in [9.17, 15) is 0 Å². The molecule has 3 rings (SSSR count). The van der Waals surface area contributed by atoms with Crippen LogP contribution in [0.3, 0.4) is 0 Å². The minimum absolute atomic E-state index is 0.406. The van der Waals surface area contributed by atoms with E-state index in [4.69, 9.17) is 17.0 Å². The van der Waals surface area contributed by atoms with Gasteiger partial charge in [-0.1, -0.05) is 24.4 Å². The van der Waals surface area contributed by atoms with Crippen molar-refractivity contribution in [2.24, 2.45) is 0 Å². The van der Waals surface area contributed by atoms with Crippen LogP contribution in [0.5, 0.6) is 5.75 Å². The molecule has 1 aliphatic rings. The van der Waals surface area contributed by atoms with Crippen LogP contribution in [0.25, 0.3) is 11.3 Å². The van der Waals surface area contributed by atoms with Crippen molar-refractivity contribution in [3.05, 3.63) is 41.3 Å². The molecule has 0 saturated heterocycles. The lowest BCUT2D eigenvalue weighted by Crippen LogP contribution is -1.96. The van der Waals surface area contributed by atoms with Gasteiger partial charge in [0.05, 0.1) is 6.10 Å². The Morgan fingerprint density at radius 1 is 1.35 bits per heavy atom. The minimum atomic E-state index is 0.406. The maximum absolute atomic E-state index is 5.76. The van der Waals surface area contributed by atoms with E-state index in [0.29, 0.717) is 10.7 Å². The molecule has 0 bridgehead atoms. The van der Waals surface area contributed by atoms with Crippen LogP contribution in [0.4, 0.5) is 0 Å². The van der Waals surface area contributed by atoms with Gasteiger partial charge in [0.1, 0.15) is 16.1 Å². The van der Waals surface area contributed by atoms with Gasteiger partial charge in [-0.05, 0) is 25.0 Å². The number of nitrogens with zero attached hydrogens (tertiary/aromatic N) is 1. The van der Waals surface area contributed by atoms with Crippen LogP contribution >= 0.6 is 12.2 Å². The summed E-state index contributed by atoms with van der Waals surface area (Å²) in [7, 11) is 0. The van der Waals surface area contributed by atoms with Gasteiger partial charge in [-0.2, -0.15) is 0 Å². The molecule has 17 heavy (non-hydrogen) atoms. The van der Waals surface area contributed by atoms with Crippen molar-refractivity contribution in [3.8, 4) is 17.0 Å². The number of ether oxygens (including phenoxy) is 1. The van der Waals surface area contributed by atoms with E-state index in [-0.39, 0.29) is 0 Å². The first-order valence-corrected chi connectivity index (χ1v) is 6.04. The highest BCUT2D eigenvalue weighted by Gasteiger charge is 2.23. The average molecular weight is 244 g/mol. The van der Waals surface area contributed by atoms with Crippen LogP contribution < -0.4 is 4.74 Å². The average Bonchev–Trinajstić information content (AvgIpc) is 3.14. The number of H-pyrrole nitrogens is 1. The zero-order chi connectivity index (χ0) is 11.7. The number of aromatic amines is 1. The van der Waals surface area contributed by atoms with Crippen molar-refractivity contribution in [1.82, 2.24) is 9.97 Å². The van der Waals surface area contributed by atoms with Gasteiger partial charge >= 0.3 is 0 Å². The number of nitrogens with one attached hydrogen (secondary N) is 1. The highest BCUT2D eigenvalue weighted by atomic mass is 32.1. The molecule has 0 radical (unpaired) electrons. The van der Waals surface area contributed by atoms with E-state index in [2.05, 4.69) is 9.97 Å². The van der Waals surface area contributed by atoms with Crippen LogP contribution in [0.15, 0.2) is 36.7 Å². The first-order valence-electron chi connectivity index (χ1n) is 5.64. The third kappa shape index (κ3) is 2.36. The molecule has 4 heteroatoms. The summed E-state index contributed by atoms with van der Waals surface area (Å²) in [5.41, 5.74) is 1.79. The summed E-state index contributed by atoms with van der Waals surface area (Å²) >= 11 is 5.22. The largest absolute Gasteiger partial charge is 0.490 e. The van der Waals surface area contributed by atoms with Crippen molar-refractivity contribution in [3.63, 3.8) is 0 Å². The molecular weight excluding hydrogens is 232 g/mol. The van der Waals surface area contributed by atoms with E-state index in [1.165, 1.54) is 0 Å². The van der Waals surface area contributed by atoms with Crippen molar-refractivity contribution >= 4 is 12.2 Å². The molecule has 0 amide bonds. The Morgan fingerprint density at radius 3 is 3.00 bits per heavy atom. The fourth-order valence-corrected chi connectivity index (χ4v) is 1.89. The second kappa shape index (κ2) is 4.30. The Labute approximate surface area is 104 Å². The molecule has 2 aromatic rings. The molecule has 86 valence electrons. The molecule has 1 N–H and O–H groups in total. The summed E-state index contributed by atoms with van der Waals surface area (Å²) in [6.45, 7) is 0. The lowest BCUT2D eigenvalue weighted by atomic mass is 10.1. The summed E-state index contributed by atoms with van der Waals surface area (Å²) in [6.07, 6.45) is 6.17. The molecule has 1 heterocycles. The lowest BCUT2D eigenvalue weighted by Gasteiger charge is -2.06. The third-order valence-corrected chi connectivity index (χ3v) is 2.95. The van der Waals surface area contributed by atoms with Gasteiger partial charge in [-0.3, -0.25) is 4.98 Å². The highest BCUT2D eigenvalue weighted by Crippen LogP contribution is 2.29. The number of hydrogen-bond donors (Lipinski definition) is 1. The predicted octanol–water partition coefficient (Wildman–Crippen LogP) is 3.35. The van der Waals surface area contributed by atoms with Gasteiger partial charge in [0, 0.05) is 18.0 Å². The predicted molar refractivity (Wildman–Crippen MR) is 68.5 cm³/mol. The molecule has 0 atom stereocenters. The molecule has 0 unspecified atom stereocenters.